The van der Waals surface area contributed by atoms with Crippen molar-refractivity contribution in [1.82, 2.24) is 0 Å². The van der Waals surface area contributed by atoms with Gasteiger partial charge < -0.3 is 9.84 Å². The zero-order valence-corrected chi connectivity index (χ0v) is 7.42. The lowest BCUT2D eigenvalue weighted by Gasteiger charge is -2.29. The zero-order chi connectivity index (χ0) is 8.27. The van der Waals surface area contributed by atoms with Gasteiger partial charge in [0.2, 0.25) is 0 Å². The van der Waals surface area contributed by atoms with Crippen LogP contribution in [-0.4, -0.2) is 23.4 Å². The minimum absolute atomic E-state index is 0.101. The fourth-order valence-corrected chi connectivity index (χ4v) is 1.59. The van der Waals surface area contributed by atoms with Crippen LogP contribution >= 0.6 is 0 Å². The van der Waals surface area contributed by atoms with E-state index in [0.717, 1.165) is 19.3 Å². The van der Waals surface area contributed by atoms with Gasteiger partial charge in [0.15, 0.2) is 0 Å². The van der Waals surface area contributed by atoms with Gasteiger partial charge >= 0.3 is 0 Å². The molecule has 0 aromatic carbocycles. The molecule has 0 unspecified atom stereocenters. The van der Waals surface area contributed by atoms with Crippen LogP contribution in [0.3, 0.4) is 0 Å². The molecule has 2 atom stereocenters. The van der Waals surface area contributed by atoms with Crippen LogP contribution in [0.2, 0.25) is 0 Å². The van der Waals surface area contributed by atoms with Crippen molar-refractivity contribution in [1.29, 1.82) is 0 Å². The summed E-state index contributed by atoms with van der Waals surface area (Å²) in [5, 5.41) is 9.49. The van der Waals surface area contributed by atoms with Crippen molar-refractivity contribution in [3.05, 3.63) is 0 Å². The van der Waals surface area contributed by atoms with Crippen molar-refractivity contribution in [2.45, 2.75) is 57.8 Å². The first kappa shape index (κ1) is 9.01. The Morgan fingerprint density at radius 2 is 1.91 bits per heavy atom. The first-order valence-corrected chi connectivity index (χ1v) is 4.53. The fourth-order valence-electron chi connectivity index (χ4n) is 1.59. The zero-order valence-electron chi connectivity index (χ0n) is 7.42. The quantitative estimate of drug-likeness (QED) is 0.663. The molecule has 1 saturated carbocycles. The Labute approximate surface area is 68.6 Å². The second kappa shape index (κ2) is 4.07. The average molecular weight is 158 g/mol. The molecule has 1 N–H and O–H groups in total. The van der Waals surface area contributed by atoms with Crippen LogP contribution in [0.4, 0.5) is 0 Å². The van der Waals surface area contributed by atoms with Crippen molar-refractivity contribution < 1.29 is 9.84 Å². The molecule has 0 spiro atoms. The van der Waals surface area contributed by atoms with Crippen molar-refractivity contribution in [2.75, 3.05) is 0 Å². The van der Waals surface area contributed by atoms with Crippen molar-refractivity contribution >= 4 is 0 Å². The molecule has 0 bridgehead atoms. The third kappa shape index (κ3) is 2.80. The summed E-state index contributed by atoms with van der Waals surface area (Å²) in [5.74, 6) is 0. The van der Waals surface area contributed by atoms with Gasteiger partial charge in [-0.05, 0) is 26.7 Å². The highest BCUT2D eigenvalue weighted by molar-refractivity contribution is 4.75. The summed E-state index contributed by atoms with van der Waals surface area (Å²) in [6.45, 7) is 4.03. The lowest BCUT2D eigenvalue weighted by Crippen LogP contribution is -2.34. The lowest BCUT2D eigenvalue weighted by molar-refractivity contribution is -0.0829. The van der Waals surface area contributed by atoms with E-state index in [4.69, 9.17) is 4.74 Å². The second-order valence-corrected chi connectivity index (χ2v) is 3.58. The molecule has 2 nitrogen and oxygen atoms in total. The summed E-state index contributed by atoms with van der Waals surface area (Å²) in [5.41, 5.74) is 0. The summed E-state index contributed by atoms with van der Waals surface area (Å²) in [6, 6.07) is 0. The molecule has 11 heavy (non-hydrogen) atoms. The van der Waals surface area contributed by atoms with Gasteiger partial charge in [0.25, 0.3) is 0 Å². The Kier molecular flexibility index (Phi) is 3.34. The molecule has 1 aliphatic carbocycles. The van der Waals surface area contributed by atoms with Crippen LogP contribution in [0.5, 0.6) is 0 Å². The summed E-state index contributed by atoms with van der Waals surface area (Å²) < 4.78 is 5.55. The van der Waals surface area contributed by atoms with Gasteiger partial charge in [0.1, 0.15) is 0 Å². The number of hydrogen-bond acceptors (Lipinski definition) is 2. The molecule has 0 heterocycles. The van der Waals surface area contributed by atoms with Crippen molar-refractivity contribution in [3.63, 3.8) is 0 Å². The highest BCUT2D eigenvalue weighted by atomic mass is 16.5. The Hall–Kier alpha value is -0.0800. The first-order chi connectivity index (χ1) is 5.20. The molecular weight excluding hydrogens is 140 g/mol. The summed E-state index contributed by atoms with van der Waals surface area (Å²) in [4.78, 5) is 0. The van der Waals surface area contributed by atoms with Crippen LogP contribution in [0.15, 0.2) is 0 Å². The van der Waals surface area contributed by atoms with E-state index >= 15 is 0 Å². The number of ether oxygens (including phenoxy) is 1. The second-order valence-electron chi connectivity index (χ2n) is 3.58. The molecule has 0 aromatic rings. The van der Waals surface area contributed by atoms with Crippen LogP contribution in [-0.2, 0) is 4.74 Å². The topological polar surface area (TPSA) is 29.5 Å². The first-order valence-electron chi connectivity index (χ1n) is 4.53. The molecule has 0 saturated heterocycles. The average Bonchev–Trinajstić information content (AvgIpc) is 1.93. The van der Waals surface area contributed by atoms with Gasteiger partial charge in [-0.2, -0.15) is 0 Å². The van der Waals surface area contributed by atoms with E-state index < -0.39 is 0 Å². The van der Waals surface area contributed by atoms with Gasteiger partial charge in [-0.25, -0.2) is 0 Å². The summed E-state index contributed by atoms with van der Waals surface area (Å²) in [7, 11) is 0. The lowest BCUT2D eigenvalue weighted by atomic mass is 9.95. The largest absolute Gasteiger partial charge is 0.390 e. The number of rotatable bonds is 2. The molecule has 0 radical (unpaired) electrons. The maximum absolute atomic E-state index is 9.49. The molecule has 0 aliphatic heterocycles. The highest BCUT2D eigenvalue weighted by Gasteiger charge is 2.23. The number of aliphatic hydroxyl groups excluding tert-OH is 1. The molecule has 66 valence electrons. The Morgan fingerprint density at radius 3 is 2.45 bits per heavy atom. The summed E-state index contributed by atoms with van der Waals surface area (Å²) >= 11 is 0. The molecule has 0 amide bonds. The standard InChI is InChI=1S/C9H18O2/c1-7(2)11-9-6-4-3-5-8(9)10/h7-10H,3-6H2,1-2H3/t8-,9-/m0/s1. The molecule has 1 fully saturated rings. The van der Waals surface area contributed by atoms with E-state index in [2.05, 4.69) is 0 Å². The van der Waals surface area contributed by atoms with E-state index in [1.165, 1.54) is 6.42 Å². The van der Waals surface area contributed by atoms with Crippen molar-refractivity contribution in [2.24, 2.45) is 0 Å². The Bertz CT molecular complexity index is 112. The van der Waals surface area contributed by atoms with Gasteiger partial charge in [0, 0.05) is 0 Å². The number of aliphatic hydroxyl groups is 1. The van der Waals surface area contributed by atoms with Crippen LogP contribution in [0.25, 0.3) is 0 Å². The van der Waals surface area contributed by atoms with E-state index in [1.54, 1.807) is 0 Å². The SMILES string of the molecule is CC(C)O[C@H]1CCCC[C@@H]1O. The van der Waals surface area contributed by atoms with E-state index in [9.17, 15) is 5.11 Å². The Morgan fingerprint density at radius 1 is 1.27 bits per heavy atom. The molecule has 1 rings (SSSR count). The molecule has 2 heteroatoms. The van der Waals surface area contributed by atoms with Gasteiger partial charge in [-0.15, -0.1) is 0 Å². The van der Waals surface area contributed by atoms with Gasteiger partial charge in [0.05, 0.1) is 18.3 Å². The minimum atomic E-state index is -0.217. The smallest absolute Gasteiger partial charge is 0.0837 e. The number of hydrogen-bond donors (Lipinski definition) is 1. The van der Waals surface area contributed by atoms with E-state index in [1.807, 2.05) is 13.8 Å². The predicted molar refractivity (Wildman–Crippen MR) is 44.5 cm³/mol. The monoisotopic (exact) mass is 158 g/mol. The molecule has 1 aliphatic rings. The fraction of sp³-hybridized carbons (Fsp3) is 1.00. The third-order valence-corrected chi connectivity index (χ3v) is 2.11. The molecular formula is C9H18O2. The molecule has 0 aromatic heterocycles. The van der Waals surface area contributed by atoms with Gasteiger partial charge in [-0.1, -0.05) is 12.8 Å². The van der Waals surface area contributed by atoms with Gasteiger partial charge in [-0.3, -0.25) is 0 Å². The predicted octanol–water partition coefficient (Wildman–Crippen LogP) is 1.71. The Balaban J connectivity index is 2.29. The minimum Gasteiger partial charge on any atom is -0.390 e. The third-order valence-electron chi connectivity index (χ3n) is 2.11. The van der Waals surface area contributed by atoms with Crippen LogP contribution in [0, 0.1) is 0 Å². The maximum Gasteiger partial charge on any atom is 0.0837 e. The normalized spacial score (nSPS) is 32.7. The maximum atomic E-state index is 9.49. The van der Waals surface area contributed by atoms with Crippen molar-refractivity contribution in [3.8, 4) is 0 Å². The van der Waals surface area contributed by atoms with E-state index in [0.29, 0.717) is 0 Å². The summed E-state index contributed by atoms with van der Waals surface area (Å²) in [6.07, 6.45) is 4.42. The van der Waals surface area contributed by atoms with Crippen LogP contribution < -0.4 is 0 Å². The van der Waals surface area contributed by atoms with Crippen LogP contribution in [0.1, 0.15) is 39.5 Å². The van der Waals surface area contributed by atoms with E-state index in [-0.39, 0.29) is 18.3 Å². The highest BCUT2D eigenvalue weighted by Crippen LogP contribution is 2.21.